The minimum absolute atomic E-state index is 0.0464. The van der Waals surface area contributed by atoms with Gasteiger partial charge in [0.15, 0.2) is 5.75 Å². The molecule has 2 aromatic rings. The van der Waals surface area contributed by atoms with Crippen LogP contribution >= 0.6 is 0 Å². The highest BCUT2D eigenvalue weighted by Gasteiger charge is 2.05. The van der Waals surface area contributed by atoms with Gasteiger partial charge in [-0.25, -0.2) is 9.37 Å². The van der Waals surface area contributed by atoms with Gasteiger partial charge in [-0.05, 0) is 43.3 Å². The summed E-state index contributed by atoms with van der Waals surface area (Å²) >= 11 is 0. The third-order valence-corrected chi connectivity index (χ3v) is 2.01. The van der Waals surface area contributed by atoms with E-state index in [2.05, 4.69) is 4.98 Å². The lowest BCUT2D eigenvalue weighted by Gasteiger charge is -2.06. The second kappa shape index (κ2) is 4.18. The van der Waals surface area contributed by atoms with Crippen LogP contribution in [-0.4, -0.2) is 10.1 Å². The minimum atomic E-state index is -0.339. The zero-order chi connectivity index (χ0) is 11.5. The van der Waals surface area contributed by atoms with E-state index in [9.17, 15) is 9.50 Å². The van der Waals surface area contributed by atoms with Crippen molar-refractivity contribution in [2.24, 2.45) is 0 Å². The first-order valence-corrected chi connectivity index (χ1v) is 4.75. The molecule has 1 aromatic carbocycles. The Balaban J connectivity index is 2.26. The molecule has 0 amide bonds. The van der Waals surface area contributed by atoms with Crippen LogP contribution in [0.1, 0.15) is 5.69 Å². The molecular weight excluding hydrogens is 209 g/mol. The Kier molecular flexibility index (Phi) is 2.72. The zero-order valence-electron chi connectivity index (χ0n) is 8.64. The van der Waals surface area contributed by atoms with Gasteiger partial charge in [0, 0.05) is 5.69 Å². The number of rotatable bonds is 2. The van der Waals surface area contributed by atoms with Crippen molar-refractivity contribution in [2.75, 3.05) is 0 Å². The van der Waals surface area contributed by atoms with Gasteiger partial charge in [-0.15, -0.1) is 0 Å². The van der Waals surface area contributed by atoms with Crippen LogP contribution in [0.5, 0.6) is 17.4 Å². The van der Waals surface area contributed by atoms with Crippen molar-refractivity contribution in [1.82, 2.24) is 4.98 Å². The summed E-state index contributed by atoms with van der Waals surface area (Å²) < 4.78 is 18.0. The lowest BCUT2D eigenvalue weighted by Crippen LogP contribution is -1.90. The molecule has 1 aromatic heterocycles. The predicted octanol–water partition coefficient (Wildman–Crippen LogP) is 3.03. The Morgan fingerprint density at radius 3 is 2.50 bits per heavy atom. The summed E-state index contributed by atoms with van der Waals surface area (Å²) in [6.07, 6.45) is 0. The summed E-state index contributed by atoms with van der Waals surface area (Å²) in [7, 11) is 0. The molecule has 82 valence electrons. The van der Waals surface area contributed by atoms with Gasteiger partial charge in [-0.2, -0.15) is 0 Å². The molecule has 0 unspecified atom stereocenters. The van der Waals surface area contributed by atoms with Crippen molar-refractivity contribution in [3.05, 3.63) is 47.9 Å². The molecule has 4 heteroatoms. The van der Waals surface area contributed by atoms with Gasteiger partial charge in [0.05, 0.1) is 0 Å². The Morgan fingerprint density at radius 2 is 1.81 bits per heavy atom. The molecule has 1 N–H and O–H groups in total. The zero-order valence-corrected chi connectivity index (χ0v) is 8.64. The quantitative estimate of drug-likeness (QED) is 0.844. The first-order valence-electron chi connectivity index (χ1n) is 4.75. The van der Waals surface area contributed by atoms with E-state index < -0.39 is 0 Å². The number of aryl methyl sites for hydroxylation is 1. The standard InChI is InChI=1S/C12H10FNO2/c1-8-2-7-11(15)12(14-8)16-10-5-3-9(13)4-6-10/h2-7,15H,1H3. The summed E-state index contributed by atoms with van der Waals surface area (Å²) in [5.74, 6) is 0.158. The second-order valence-electron chi connectivity index (χ2n) is 3.33. The average molecular weight is 219 g/mol. The monoisotopic (exact) mass is 219 g/mol. The maximum absolute atomic E-state index is 12.6. The van der Waals surface area contributed by atoms with E-state index in [4.69, 9.17) is 4.74 Å². The Labute approximate surface area is 92.1 Å². The lowest BCUT2D eigenvalue weighted by molar-refractivity contribution is 0.396. The van der Waals surface area contributed by atoms with E-state index in [1.807, 2.05) is 0 Å². The fraction of sp³-hybridized carbons (Fsp3) is 0.0833. The normalized spacial score (nSPS) is 10.1. The lowest BCUT2D eigenvalue weighted by atomic mass is 10.3. The SMILES string of the molecule is Cc1ccc(O)c(Oc2ccc(F)cc2)n1. The van der Waals surface area contributed by atoms with E-state index in [0.29, 0.717) is 5.75 Å². The fourth-order valence-electron chi connectivity index (χ4n) is 1.21. The molecule has 0 aliphatic rings. The fourth-order valence-corrected chi connectivity index (χ4v) is 1.21. The molecule has 0 aliphatic heterocycles. The number of benzene rings is 1. The molecule has 0 saturated heterocycles. The Bertz CT molecular complexity index is 497. The van der Waals surface area contributed by atoms with Crippen molar-refractivity contribution in [2.45, 2.75) is 6.92 Å². The van der Waals surface area contributed by atoms with Crippen molar-refractivity contribution in [3.8, 4) is 17.4 Å². The van der Waals surface area contributed by atoms with Gasteiger partial charge in [0.25, 0.3) is 5.88 Å². The van der Waals surface area contributed by atoms with Crippen LogP contribution in [0.4, 0.5) is 4.39 Å². The third kappa shape index (κ3) is 2.28. The smallest absolute Gasteiger partial charge is 0.262 e. The number of hydrogen-bond acceptors (Lipinski definition) is 3. The molecule has 0 bridgehead atoms. The maximum atomic E-state index is 12.6. The summed E-state index contributed by atoms with van der Waals surface area (Å²) in [5.41, 5.74) is 0.731. The van der Waals surface area contributed by atoms with Gasteiger partial charge in [-0.3, -0.25) is 0 Å². The summed E-state index contributed by atoms with van der Waals surface area (Å²) in [5, 5.41) is 9.49. The molecule has 1 heterocycles. The molecule has 0 spiro atoms. The van der Waals surface area contributed by atoms with Crippen LogP contribution in [0.15, 0.2) is 36.4 Å². The van der Waals surface area contributed by atoms with Gasteiger partial charge >= 0.3 is 0 Å². The Hall–Kier alpha value is -2.10. The van der Waals surface area contributed by atoms with Crippen LogP contribution in [-0.2, 0) is 0 Å². The van der Waals surface area contributed by atoms with Crippen molar-refractivity contribution >= 4 is 0 Å². The third-order valence-electron chi connectivity index (χ3n) is 2.01. The average Bonchev–Trinajstić information content (AvgIpc) is 2.27. The van der Waals surface area contributed by atoms with Gasteiger partial charge in [0.2, 0.25) is 0 Å². The molecule has 0 saturated carbocycles. The summed E-state index contributed by atoms with van der Waals surface area (Å²) in [4.78, 5) is 4.02. The first-order chi connectivity index (χ1) is 7.65. The number of ether oxygens (including phenoxy) is 1. The van der Waals surface area contributed by atoms with Crippen LogP contribution in [0.3, 0.4) is 0 Å². The highest BCUT2D eigenvalue weighted by molar-refractivity contribution is 5.37. The molecule has 0 atom stereocenters. The van der Waals surface area contributed by atoms with Crippen molar-refractivity contribution < 1.29 is 14.2 Å². The van der Waals surface area contributed by atoms with Crippen molar-refractivity contribution in [1.29, 1.82) is 0 Å². The van der Waals surface area contributed by atoms with E-state index in [0.717, 1.165) is 5.69 Å². The number of aromatic nitrogens is 1. The molecule has 0 aliphatic carbocycles. The first kappa shape index (κ1) is 10.4. The Morgan fingerprint density at radius 1 is 1.12 bits per heavy atom. The van der Waals surface area contributed by atoms with Crippen molar-refractivity contribution in [3.63, 3.8) is 0 Å². The van der Waals surface area contributed by atoms with E-state index in [1.54, 1.807) is 13.0 Å². The predicted molar refractivity (Wildman–Crippen MR) is 57.1 cm³/mol. The number of aromatic hydroxyl groups is 1. The number of nitrogens with zero attached hydrogens (tertiary/aromatic N) is 1. The van der Waals surface area contributed by atoms with E-state index >= 15 is 0 Å². The topological polar surface area (TPSA) is 42.4 Å². The number of pyridine rings is 1. The van der Waals surface area contributed by atoms with Crippen LogP contribution in [0, 0.1) is 12.7 Å². The maximum Gasteiger partial charge on any atom is 0.262 e. The second-order valence-corrected chi connectivity index (χ2v) is 3.33. The minimum Gasteiger partial charge on any atom is -0.503 e. The molecule has 0 radical (unpaired) electrons. The molecule has 0 fully saturated rings. The molecule has 3 nitrogen and oxygen atoms in total. The molecule has 16 heavy (non-hydrogen) atoms. The van der Waals surface area contributed by atoms with Crippen LogP contribution in [0.2, 0.25) is 0 Å². The van der Waals surface area contributed by atoms with Crippen LogP contribution < -0.4 is 4.74 Å². The van der Waals surface area contributed by atoms with Crippen LogP contribution in [0.25, 0.3) is 0 Å². The molecular formula is C12H10FNO2. The van der Waals surface area contributed by atoms with E-state index in [-0.39, 0.29) is 17.4 Å². The largest absolute Gasteiger partial charge is 0.503 e. The summed E-state index contributed by atoms with van der Waals surface area (Å²) in [6, 6.07) is 8.68. The van der Waals surface area contributed by atoms with E-state index in [1.165, 1.54) is 30.3 Å². The van der Waals surface area contributed by atoms with Gasteiger partial charge in [-0.1, -0.05) is 0 Å². The summed E-state index contributed by atoms with van der Waals surface area (Å²) in [6.45, 7) is 1.79. The van der Waals surface area contributed by atoms with Gasteiger partial charge in [0.1, 0.15) is 11.6 Å². The van der Waals surface area contributed by atoms with Gasteiger partial charge < -0.3 is 9.84 Å². The molecule has 2 rings (SSSR count). The highest BCUT2D eigenvalue weighted by Crippen LogP contribution is 2.28. The highest BCUT2D eigenvalue weighted by atomic mass is 19.1. The number of hydrogen-bond donors (Lipinski definition) is 1. The number of halogens is 1.